The van der Waals surface area contributed by atoms with E-state index in [1.807, 2.05) is 7.05 Å². The summed E-state index contributed by atoms with van der Waals surface area (Å²) in [6.07, 6.45) is 2.93. The predicted octanol–water partition coefficient (Wildman–Crippen LogP) is 0.305. The first-order valence-electron chi connectivity index (χ1n) is 7.02. The van der Waals surface area contributed by atoms with Crippen molar-refractivity contribution in [3.63, 3.8) is 0 Å². The lowest BCUT2D eigenvalue weighted by Crippen LogP contribution is -2.44. The van der Waals surface area contributed by atoms with E-state index in [4.69, 9.17) is 9.15 Å². The molecule has 0 saturated carbocycles. The van der Waals surface area contributed by atoms with Crippen molar-refractivity contribution >= 4 is 6.01 Å². The van der Waals surface area contributed by atoms with Crippen molar-refractivity contribution < 1.29 is 9.15 Å². The average Bonchev–Trinajstić information content (AvgIpc) is 3.08. The van der Waals surface area contributed by atoms with E-state index in [1.54, 1.807) is 6.26 Å². The Balaban J connectivity index is 1.58. The van der Waals surface area contributed by atoms with Crippen LogP contribution >= 0.6 is 0 Å². The van der Waals surface area contributed by atoms with Crippen LogP contribution in [-0.2, 0) is 11.3 Å². The van der Waals surface area contributed by atoms with Crippen LogP contribution in [0, 0.1) is 0 Å². The van der Waals surface area contributed by atoms with Crippen molar-refractivity contribution in [2.45, 2.75) is 19.0 Å². The number of anilines is 1. The molecule has 106 valence electrons. The van der Waals surface area contributed by atoms with Gasteiger partial charge in [0, 0.05) is 38.8 Å². The molecule has 0 spiro atoms. The van der Waals surface area contributed by atoms with Crippen LogP contribution in [-0.4, -0.2) is 62.4 Å². The average molecular weight is 266 g/mol. The Labute approximate surface area is 113 Å². The second kappa shape index (κ2) is 5.90. The van der Waals surface area contributed by atoms with Crippen molar-refractivity contribution in [2.75, 3.05) is 51.3 Å². The highest BCUT2D eigenvalue weighted by molar-refractivity contribution is 5.29. The van der Waals surface area contributed by atoms with E-state index >= 15 is 0 Å². The monoisotopic (exact) mass is 266 g/mol. The van der Waals surface area contributed by atoms with Crippen molar-refractivity contribution in [1.29, 1.82) is 0 Å². The van der Waals surface area contributed by atoms with Gasteiger partial charge in [-0.2, -0.15) is 4.98 Å². The van der Waals surface area contributed by atoms with Gasteiger partial charge in [-0.3, -0.25) is 4.90 Å². The second-order valence-corrected chi connectivity index (χ2v) is 5.19. The van der Waals surface area contributed by atoms with E-state index in [2.05, 4.69) is 20.1 Å². The molecular formula is C13H22N4O2. The van der Waals surface area contributed by atoms with E-state index in [0.717, 1.165) is 57.6 Å². The number of nitrogens with zero attached hydrogens (tertiary/aromatic N) is 3. The molecule has 2 fully saturated rings. The van der Waals surface area contributed by atoms with Gasteiger partial charge in [-0.1, -0.05) is 0 Å². The summed E-state index contributed by atoms with van der Waals surface area (Å²) in [7, 11) is 1.92. The quantitative estimate of drug-likeness (QED) is 0.846. The van der Waals surface area contributed by atoms with Gasteiger partial charge < -0.3 is 19.4 Å². The molecule has 2 aliphatic heterocycles. The summed E-state index contributed by atoms with van der Waals surface area (Å²) >= 11 is 0. The summed E-state index contributed by atoms with van der Waals surface area (Å²) in [5.74, 6) is 0. The normalized spacial score (nSPS) is 25.1. The first kappa shape index (κ1) is 12.9. The molecule has 1 N–H and O–H groups in total. The Morgan fingerprint density at radius 2 is 2.21 bits per heavy atom. The Bertz CT molecular complexity index is 403. The van der Waals surface area contributed by atoms with Gasteiger partial charge in [0.15, 0.2) is 0 Å². The maximum Gasteiger partial charge on any atom is 0.297 e. The Kier molecular flexibility index (Phi) is 4.00. The van der Waals surface area contributed by atoms with E-state index in [0.29, 0.717) is 6.04 Å². The zero-order valence-corrected chi connectivity index (χ0v) is 11.5. The third-order valence-electron chi connectivity index (χ3n) is 3.89. The van der Waals surface area contributed by atoms with Crippen LogP contribution < -0.4 is 10.2 Å². The van der Waals surface area contributed by atoms with Crippen LogP contribution in [0.15, 0.2) is 10.7 Å². The Hall–Kier alpha value is -1.11. The molecule has 1 unspecified atom stereocenters. The molecule has 2 saturated heterocycles. The van der Waals surface area contributed by atoms with Crippen LogP contribution in [0.5, 0.6) is 0 Å². The molecule has 6 nitrogen and oxygen atoms in total. The summed E-state index contributed by atoms with van der Waals surface area (Å²) < 4.78 is 11.0. The lowest BCUT2D eigenvalue weighted by molar-refractivity contribution is 0.0209. The molecule has 0 radical (unpaired) electrons. The number of ether oxygens (including phenoxy) is 1. The molecule has 6 heteroatoms. The fourth-order valence-electron chi connectivity index (χ4n) is 2.86. The number of rotatable bonds is 4. The summed E-state index contributed by atoms with van der Waals surface area (Å²) in [6, 6.07) is 1.38. The molecule has 1 atom stereocenters. The maximum absolute atomic E-state index is 5.57. The third-order valence-corrected chi connectivity index (χ3v) is 3.89. The number of aromatic nitrogens is 1. The molecule has 0 aliphatic carbocycles. The third kappa shape index (κ3) is 2.91. The zero-order chi connectivity index (χ0) is 13.1. The van der Waals surface area contributed by atoms with Gasteiger partial charge in [0.1, 0.15) is 6.26 Å². The predicted molar refractivity (Wildman–Crippen MR) is 72.3 cm³/mol. The van der Waals surface area contributed by atoms with Gasteiger partial charge in [-0.05, 0) is 13.5 Å². The van der Waals surface area contributed by atoms with Gasteiger partial charge in [0.05, 0.1) is 18.9 Å². The number of oxazole rings is 1. The van der Waals surface area contributed by atoms with Crippen LogP contribution in [0.4, 0.5) is 6.01 Å². The Morgan fingerprint density at radius 1 is 1.37 bits per heavy atom. The highest BCUT2D eigenvalue weighted by Crippen LogP contribution is 2.23. The van der Waals surface area contributed by atoms with Crippen LogP contribution in [0.25, 0.3) is 0 Å². The minimum atomic E-state index is 0.614. The molecule has 3 heterocycles. The van der Waals surface area contributed by atoms with E-state index in [9.17, 15) is 0 Å². The molecule has 0 aromatic carbocycles. The van der Waals surface area contributed by atoms with Gasteiger partial charge in [0.25, 0.3) is 6.01 Å². The number of hydrogen-bond donors (Lipinski definition) is 1. The highest BCUT2D eigenvalue weighted by Gasteiger charge is 2.30. The Morgan fingerprint density at radius 3 is 3.00 bits per heavy atom. The lowest BCUT2D eigenvalue weighted by Gasteiger charge is -2.31. The molecule has 0 bridgehead atoms. The minimum absolute atomic E-state index is 0.614. The van der Waals surface area contributed by atoms with Crippen molar-refractivity contribution in [3.05, 3.63) is 12.0 Å². The molecule has 19 heavy (non-hydrogen) atoms. The lowest BCUT2D eigenvalue weighted by atomic mass is 10.2. The maximum atomic E-state index is 5.57. The first-order chi connectivity index (χ1) is 9.36. The number of hydrogen-bond acceptors (Lipinski definition) is 6. The summed E-state index contributed by atoms with van der Waals surface area (Å²) in [4.78, 5) is 9.29. The fourth-order valence-corrected chi connectivity index (χ4v) is 2.86. The first-order valence-corrected chi connectivity index (χ1v) is 7.02. The fraction of sp³-hybridized carbons (Fsp3) is 0.769. The van der Waals surface area contributed by atoms with Gasteiger partial charge in [-0.15, -0.1) is 0 Å². The van der Waals surface area contributed by atoms with Crippen LogP contribution in [0.1, 0.15) is 12.1 Å². The van der Waals surface area contributed by atoms with Crippen molar-refractivity contribution in [3.8, 4) is 0 Å². The van der Waals surface area contributed by atoms with Crippen molar-refractivity contribution in [1.82, 2.24) is 15.2 Å². The summed E-state index contributed by atoms with van der Waals surface area (Å²) in [5.41, 5.74) is 0.965. The van der Waals surface area contributed by atoms with E-state index < -0.39 is 0 Å². The number of morpholine rings is 1. The summed E-state index contributed by atoms with van der Waals surface area (Å²) in [6.45, 7) is 6.62. The van der Waals surface area contributed by atoms with E-state index in [-0.39, 0.29) is 0 Å². The summed E-state index contributed by atoms with van der Waals surface area (Å²) in [5, 5.41) is 3.09. The molecule has 1 aromatic heterocycles. The smallest absolute Gasteiger partial charge is 0.297 e. The largest absolute Gasteiger partial charge is 0.432 e. The highest BCUT2D eigenvalue weighted by atomic mass is 16.5. The number of nitrogens with one attached hydrogen (secondary N) is 1. The second-order valence-electron chi connectivity index (χ2n) is 5.19. The SMILES string of the molecule is CNCc1coc(N2CCC(N3CCOCC3)C2)n1. The van der Waals surface area contributed by atoms with Gasteiger partial charge >= 0.3 is 0 Å². The van der Waals surface area contributed by atoms with Crippen LogP contribution in [0.3, 0.4) is 0 Å². The van der Waals surface area contributed by atoms with E-state index in [1.165, 1.54) is 6.42 Å². The zero-order valence-electron chi connectivity index (χ0n) is 11.5. The molecule has 3 rings (SSSR count). The molecule has 2 aliphatic rings. The molecular weight excluding hydrogens is 244 g/mol. The topological polar surface area (TPSA) is 53.8 Å². The molecule has 1 aromatic rings. The molecule has 0 amide bonds. The minimum Gasteiger partial charge on any atom is -0.432 e. The van der Waals surface area contributed by atoms with Gasteiger partial charge in [0.2, 0.25) is 0 Å². The standard InChI is InChI=1S/C13H22N4O2/c1-14-8-11-10-19-13(15-11)17-3-2-12(9-17)16-4-6-18-7-5-16/h10,12,14H,2-9H2,1H3. The van der Waals surface area contributed by atoms with Crippen LogP contribution in [0.2, 0.25) is 0 Å². The van der Waals surface area contributed by atoms with Crippen molar-refractivity contribution in [2.24, 2.45) is 0 Å². The van der Waals surface area contributed by atoms with Gasteiger partial charge in [-0.25, -0.2) is 0 Å².